The minimum Gasteiger partial charge on any atom is -0.342 e. The zero-order valence-electron chi connectivity index (χ0n) is 15.2. The molecule has 148 valence electrons. The van der Waals surface area contributed by atoms with E-state index in [1.807, 2.05) is 30.3 Å². The summed E-state index contributed by atoms with van der Waals surface area (Å²) in [5.41, 5.74) is 0.807. The first-order valence-electron chi connectivity index (χ1n) is 8.78. The van der Waals surface area contributed by atoms with Gasteiger partial charge in [0.05, 0.1) is 11.4 Å². The van der Waals surface area contributed by atoms with E-state index >= 15 is 0 Å². The predicted octanol–water partition coefficient (Wildman–Crippen LogP) is 1.62. The second-order valence-electron chi connectivity index (χ2n) is 6.20. The molecular formula is C19H21N3O4S2. The van der Waals surface area contributed by atoms with Gasteiger partial charge in [-0.15, -0.1) is 11.3 Å². The molecule has 2 heterocycles. The van der Waals surface area contributed by atoms with Crippen molar-refractivity contribution < 1.29 is 18.0 Å². The zero-order valence-corrected chi connectivity index (χ0v) is 16.8. The quantitative estimate of drug-likeness (QED) is 0.771. The third kappa shape index (κ3) is 5.28. The molecule has 1 aromatic carbocycles. The summed E-state index contributed by atoms with van der Waals surface area (Å²) >= 11 is 1.31. The Kier molecular flexibility index (Phi) is 6.61. The van der Waals surface area contributed by atoms with Crippen molar-refractivity contribution in [2.24, 2.45) is 0 Å². The van der Waals surface area contributed by atoms with Gasteiger partial charge in [-0.25, -0.2) is 8.42 Å². The van der Waals surface area contributed by atoms with Crippen LogP contribution in [0.25, 0.3) is 6.08 Å². The smallest absolute Gasteiger partial charge is 0.261 e. The highest BCUT2D eigenvalue weighted by Crippen LogP contribution is 2.12. The highest BCUT2D eigenvalue weighted by atomic mass is 32.2. The van der Waals surface area contributed by atoms with Gasteiger partial charge in [-0.2, -0.15) is 4.31 Å². The van der Waals surface area contributed by atoms with Gasteiger partial charge in [-0.1, -0.05) is 36.4 Å². The van der Waals surface area contributed by atoms with Crippen LogP contribution < -0.4 is 5.32 Å². The van der Waals surface area contributed by atoms with Gasteiger partial charge in [0.15, 0.2) is 0 Å². The summed E-state index contributed by atoms with van der Waals surface area (Å²) in [6, 6.07) is 12.7. The Morgan fingerprint density at radius 1 is 1.04 bits per heavy atom. The summed E-state index contributed by atoms with van der Waals surface area (Å²) in [6.07, 6.45) is 1.56. The van der Waals surface area contributed by atoms with E-state index in [-0.39, 0.29) is 31.4 Å². The number of amides is 2. The number of rotatable bonds is 6. The number of carbonyl (C=O) groups is 2. The van der Waals surface area contributed by atoms with Crippen LogP contribution in [-0.2, 0) is 14.8 Å². The molecule has 3 rings (SSSR count). The first kappa shape index (κ1) is 20.2. The van der Waals surface area contributed by atoms with Crippen LogP contribution in [0.5, 0.6) is 0 Å². The number of sulfonamides is 1. The van der Waals surface area contributed by atoms with Gasteiger partial charge < -0.3 is 10.2 Å². The topological polar surface area (TPSA) is 86.8 Å². The molecule has 0 saturated carbocycles. The predicted molar refractivity (Wildman–Crippen MR) is 109 cm³/mol. The standard InChI is InChI=1S/C19H21N3O4S2/c23-18(15-20-19(24)17-7-4-13-27-17)21-9-11-22(12-10-21)28(25,26)14-8-16-5-2-1-3-6-16/h1-8,13-14H,9-12,15H2,(H,20,24)/b14-8+. The molecule has 0 unspecified atom stereocenters. The Labute approximate surface area is 168 Å². The van der Waals surface area contributed by atoms with Crippen molar-refractivity contribution in [3.8, 4) is 0 Å². The molecule has 1 aliphatic rings. The van der Waals surface area contributed by atoms with Crippen LogP contribution in [0.4, 0.5) is 0 Å². The highest BCUT2D eigenvalue weighted by molar-refractivity contribution is 7.92. The zero-order chi connectivity index (χ0) is 20.0. The van der Waals surface area contributed by atoms with Gasteiger partial charge in [0.25, 0.3) is 5.91 Å². The first-order valence-corrected chi connectivity index (χ1v) is 11.2. The van der Waals surface area contributed by atoms with E-state index in [1.54, 1.807) is 28.5 Å². The lowest BCUT2D eigenvalue weighted by atomic mass is 10.2. The normalized spacial score (nSPS) is 15.6. The monoisotopic (exact) mass is 419 g/mol. The van der Waals surface area contributed by atoms with E-state index in [9.17, 15) is 18.0 Å². The number of hydrogen-bond acceptors (Lipinski definition) is 5. The fourth-order valence-corrected chi connectivity index (χ4v) is 4.58. The fourth-order valence-electron chi connectivity index (χ4n) is 2.77. The second kappa shape index (κ2) is 9.13. The molecule has 0 bridgehead atoms. The number of carbonyl (C=O) groups excluding carboxylic acids is 2. The largest absolute Gasteiger partial charge is 0.342 e. The number of benzene rings is 1. The molecule has 1 aliphatic heterocycles. The molecule has 1 N–H and O–H groups in total. The van der Waals surface area contributed by atoms with Crippen molar-refractivity contribution in [3.63, 3.8) is 0 Å². The molecular weight excluding hydrogens is 398 g/mol. The highest BCUT2D eigenvalue weighted by Gasteiger charge is 2.27. The Balaban J connectivity index is 1.48. The SMILES string of the molecule is O=C(NCC(=O)N1CCN(S(=O)(=O)/C=C/c2ccccc2)CC1)c1cccs1. The molecule has 0 spiro atoms. The molecule has 1 aromatic heterocycles. The summed E-state index contributed by atoms with van der Waals surface area (Å²) in [5, 5.41) is 5.59. The van der Waals surface area contributed by atoms with Crippen LogP contribution in [0, 0.1) is 0 Å². The van der Waals surface area contributed by atoms with E-state index < -0.39 is 10.0 Å². The van der Waals surface area contributed by atoms with Crippen LogP contribution in [-0.4, -0.2) is 62.2 Å². The van der Waals surface area contributed by atoms with Gasteiger partial charge in [0, 0.05) is 31.6 Å². The molecule has 28 heavy (non-hydrogen) atoms. The van der Waals surface area contributed by atoms with E-state index in [4.69, 9.17) is 0 Å². The third-order valence-corrected chi connectivity index (χ3v) is 6.76. The summed E-state index contributed by atoms with van der Waals surface area (Å²) < 4.78 is 26.3. The van der Waals surface area contributed by atoms with E-state index in [1.165, 1.54) is 21.1 Å². The van der Waals surface area contributed by atoms with Crippen LogP contribution in [0.2, 0.25) is 0 Å². The van der Waals surface area contributed by atoms with Gasteiger partial charge >= 0.3 is 0 Å². The summed E-state index contributed by atoms with van der Waals surface area (Å²) in [6.45, 7) is 0.952. The van der Waals surface area contributed by atoms with Crippen molar-refractivity contribution in [1.82, 2.24) is 14.5 Å². The molecule has 0 atom stereocenters. The van der Waals surface area contributed by atoms with Gasteiger partial charge in [-0.05, 0) is 23.1 Å². The lowest BCUT2D eigenvalue weighted by molar-refractivity contribution is -0.131. The fraction of sp³-hybridized carbons (Fsp3) is 0.263. The van der Waals surface area contributed by atoms with Crippen molar-refractivity contribution >= 4 is 39.3 Å². The summed E-state index contributed by atoms with van der Waals surface area (Å²) in [4.78, 5) is 26.3. The number of nitrogens with zero attached hydrogens (tertiary/aromatic N) is 2. The minimum atomic E-state index is -3.54. The molecule has 0 radical (unpaired) electrons. The summed E-state index contributed by atoms with van der Waals surface area (Å²) in [5.74, 6) is -0.502. The van der Waals surface area contributed by atoms with E-state index in [0.29, 0.717) is 18.0 Å². The number of nitrogens with one attached hydrogen (secondary N) is 1. The number of piperazine rings is 1. The molecule has 9 heteroatoms. The van der Waals surface area contributed by atoms with Crippen LogP contribution in [0.1, 0.15) is 15.2 Å². The van der Waals surface area contributed by atoms with E-state index in [2.05, 4.69) is 5.32 Å². The number of thiophene rings is 1. The van der Waals surface area contributed by atoms with Gasteiger partial charge in [-0.3, -0.25) is 9.59 Å². The minimum absolute atomic E-state index is 0.0998. The molecule has 2 aromatic rings. The van der Waals surface area contributed by atoms with Crippen molar-refractivity contribution in [1.29, 1.82) is 0 Å². The Morgan fingerprint density at radius 2 is 1.75 bits per heavy atom. The Morgan fingerprint density at radius 3 is 2.39 bits per heavy atom. The Hall–Kier alpha value is -2.49. The number of hydrogen-bond donors (Lipinski definition) is 1. The van der Waals surface area contributed by atoms with Crippen molar-refractivity contribution in [2.45, 2.75) is 0 Å². The molecule has 1 saturated heterocycles. The van der Waals surface area contributed by atoms with Crippen molar-refractivity contribution in [3.05, 3.63) is 63.7 Å². The van der Waals surface area contributed by atoms with Gasteiger partial charge in [0.2, 0.25) is 15.9 Å². The lowest BCUT2D eigenvalue weighted by Gasteiger charge is -2.33. The second-order valence-corrected chi connectivity index (χ2v) is 8.96. The maximum absolute atomic E-state index is 12.5. The Bertz CT molecular complexity index is 933. The van der Waals surface area contributed by atoms with Crippen LogP contribution >= 0.6 is 11.3 Å². The lowest BCUT2D eigenvalue weighted by Crippen LogP contribution is -2.52. The average Bonchev–Trinajstić information content (AvgIpc) is 3.26. The first-order chi connectivity index (χ1) is 13.5. The van der Waals surface area contributed by atoms with Crippen LogP contribution in [0.3, 0.4) is 0 Å². The molecule has 1 fully saturated rings. The van der Waals surface area contributed by atoms with E-state index in [0.717, 1.165) is 5.56 Å². The molecule has 2 amide bonds. The molecule has 7 nitrogen and oxygen atoms in total. The van der Waals surface area contributed by atoms with Gasteiger partial charge in [0.1, 0.15) is 0 Å². The average molecular weight is 420 g/mol. The maximum atomic E-state index is 12.5. The maximum Gasteiger partial charge on any atom is 0.261 e. The van der Waals surface area contributed by atoms with Crippen LogP contribution in [0.15, 0.2) is 53.3 Å². The third-order valence-electron chi connectivity index (χ3n) is 4.33. The molecule has 0 aliphatic carbocycles. The van der Waals surface area contributed by atoms with Crippen molar-refractivity contribution in [2.75, 3.05) is 32.7 Å². The summed E-state index contributed by atoms with van der Waals surface area (Å²) in [7, 11) is -3.54.